The normalized spacial score (nSPS) is 17.1. The Morgan fingerprint density at radius 2 is 0.947 bits per heavy atom. The molecule has 0 aliphatic carbocycles. The zero-order valence-electron chi connectivity index (χ0n) is 33.3. The highest BCUT2D eigenvalue weighted by atomic mass is 19.1. The lowest BCUT2D eigenvalue weighted by Crippen LogP contribution is -2.56. The van der Waals surface area contributed by atoms with E-state index in [1.807, 2.05) is 42.5 Å². The van der Waals surface area contributed by atoms with Crippen LogP contribution >= 0.6 is 0 Å². The SMILES string of the molecule is O=C1NCN(c2ccccc2)C12CCN(CCCC(c1ccc(F)cc1)c1ccc(F)cc1)CC2.c1ccc(C(CCCN2CCCCC2)c2ccccc2)cc1. The Morgan fingerprint density at radius 3 is 1.42 bits per heavy atom. The molecule has 3 saturated heterocycles. The fraction of sp³-hybridized carbons (Fsp3) is 0.380. The molecule has 1 amide bonds. The van der Waals surface area contributed by atoms with Crippen molar-refractivity contribution in [3.05, 3.63) is 173 Å². The lowest BCUT2D eigenvalue weighted by atomic mass is 9.85. The zero-order valence-corrected chi connectivity index (χ0v) is 33.3. The van der Waals surface area contributed by atoms with E-state index < -0.39 is 5.54 Å². The molecular formula is C50H58F2N4O. The molecule has 3 aliphatic heterocycles. The molecule has 0 bridgehead atoms. The number of nitrogens with zero attached hydrogens (tertiary/aromatic N) is 3. The third kappa shape index (κ3) is 10.6. The number of benzene rings is 5. The molecule has 57 heavy (non-hydrogen) atoms. The fourth-order valence-corrected chi connectivity index (χ4v) is 9.21. The summed E-state index contributed by atoms with van der Waals surface area (Å²) in [7, 11) is 0. The van der Waals surface area contributed by atoms with Gasteiger partial charge in [-0.25, -0.2) is 8.78 Å². The van der Waals surface area contributed by atoms with Crippen LogP contribution in [0.4, 0.5) is 14.5 Å². The molecule has 8 rings (SSSR count). The maximum absolute atomic E-state index is 13.5. The third-order valence-corrected chi connectivity index (χ3v) is 12.4. The molecule has 3 fully saturated rings. The maximum atomic E-state index is 13.5. The van der Waals surface area contributed by atoms with Crippen LogP contribution in [-0.4, -0.2) is 67.2 Å². The summed E-state index contributed by atoms with van der Waals surface area (Å²) < 4.78 is 27.0. The number of nitrogens with one attached hydrogen (secondary N) is 1. The van der Waals surface area contributed by atoms with Crippen LogP contribution in [0.2, 0.25) is 0 Å². The van der Waals surface area contributed by atoms with E-state index in [9.17, 15) is 13.6 Å². The molecule has 1 N–H and O–H groups in total. The summed E-state index contributed by atoms with van der Waals surface area (Å²) in [6.07, 6.45) is 10.2. The summed E-state index contributed by atoms with van der Waals surface area (Å²) in [6, 6.07) is 45.4. The van der Waals surface area contributed by atoms with E-state index in [-0.39, 0.29) is 23.5 Å². The molecule has 0 radical (unpaired) electrons. The van der Waals surface area contributed by atoms with Gasteiger partial charge in [0.1, 0.15) is 17.2 Å². The lowest BCUT2D eigenvalue weighted by Gasteiger charge is -2.43. The second-order valence-corrected chi connectivity index (χ2v) is 16.0. The summed E-state index contributed by atoms with van der Waals surface area (Å²) in [5.41, 5.74) is 5.59. The molecule has 3 aliphatic rings. The Morgan fingerprint density at radius 1 is 0.526 bits per heavy atom. The van der Waals surface area contributed by atoms with Crippen LogP contribution in [0.25, 0.3) is 0 Å². The monoisotopic (exact) mass is 768 g/mol. The van der Waals surface area contributed by atoms with Crippen molar-refractivity contribution < 1.29 is 13.6 Å². The molecular weight excluding hydrogens is 711 g/mol. The zero-order chi connectivity index (χ0) is 39.3. The number of hydrogen-bond acceptors (Lipinski definition) is 4. The van der Waals surface area contributed by atoms with Crippen LogP contribution in [0.1, 0.15) is 91.9 Å². The second-order valence-electron chi connectivity index (χ2n) is 16.0. The van der Waals surface area contributed by atoms with Crippen molar-refractivity contribution in [3.63, 3.8) is 0 Å². The van der Waals surface area contributed by atoms with Gasteiger partial charge in [-0.2, -0.15) is 0 Å². The number of carbonyl (C=O) groups is 1. The van der Waals surface area contributed by atoms with Gasteiger partial charge in [-0.1, -0.05) is 110 Å². The summed E-state index contributed by atoms with van der Waals surface area (Å²) in [5, 5.41) is 3.06. The van der Waals surface area contributed by atoms with E-state index in [0.717, 1.165) is 62.1 Å². The average Bonchev–Trinajstić information content (AvgIpc) is 3.58. The second kappa shape index (κ2) is 20.0. The van der Waals surface area contributed by atoms with E-state index in [4.69, 9.17) is 0 Å². The number of carbonyl (C=O) groups excluding carboxylic acids is 1. The Hall–Kier alpha value is -4.85. The predicted octanol–water partition coefficient (Wildman–Crippen LogP) is 10.4. The standard InChI is InChI=1S/C29H31F2N3O.C21H27N/c30-24-12-8-22(9-13-24)27(23-10-14-25(31)15-11-23)7-4-18-33-19-16-29(17-20-33)28(35)32-21-34(29)26-5-2-1-3-6-26;1-4-11-19(12-5-1)21(20-13-6-2-7-14-20)15-10-18-22-16-8-3-9-17-22/h1-3,5-6,8-15,27H,4,7,16-21H2,(H,32,35);1-2,4-7,11-14,21H,3,8-10,15-18H2. The van der Waals surface area contributed by atoms with Gasteiger partial charge in [0.15, 0.2) is 0 Å². The first-order chi connectivity index (χ1) is 28.0. The Bertz CT molecular complexity index is 1840. The van der Waals surface area contributed by atoms with Gasteiger partial charge in [0.05, 0.1) is 6.67 Å². The topological polar surface area (TPSA) is 38.8 Å². The summed E-state index contributed by atoms with van der Waals surface area (Å²) in [4.78, 5) is 20.2. The smallest absolute Gasteiger partial charge is 0.247 e. The van der Waals surface area contributed by atoms with Crippen molar-refractivity contribution in [2.45, 2.75) is 75.2 Å². The van der Waals surface area contributed by atoms with Gasteiger partial charge in [0.2, 0.25) is 5.91 Å². The summed E-state index contributed by atoms with van der Waals surface area (Å²) in [5.74, 6) is 0.242. The molecule has 7 heteroatoms. The number of anilines is 1. The van der Waals surface area contributed by atoms with E-state index >= 15 is 0 Å². The first kappa shape index (κ1) is 40.4. The highest BCUT2D eigenvalue weighted by Gasteiger charge is 2.50. The summed E-state index contributed by atoms with van der Waals surface area (Å²) in [6.45, 7) is 7.10. The molecule has 1 spiro atoms. The van der Waals surface area contributed by atoms with Crippen molar-refractivity contribution in [3.8, 4) is 0 Å². The van der Waals surface area contributed by atoms with Crippen LogP contribution in [0.3, 0.4) is 0 Å². The van der Waals surface area contributed by atoms with Crippen LogP contribution in [0.5, 0.6) is 0 Å². The first-order valence-corrected chi connectivity index (χ1v) is 21.1. The van der Waals surface area contributed by atoms with Crippen molar-refractivity contribution in [2.24, 2.45) is 0 Å². The van der Waals surface area contributed by atoms with Crippen LogP contribution in [0.15, 0.2) is 140 Å². The quantitative estimate of drug-likeness (QED) is 0.130. The number of para-hydroxylation sites is 1. The van der Waals surface area contributed by atoms with Gasteiger partial charge in [-0.05, 0) is 136 Å². The van der Waals surface area contributed by atoms with Gasteiger partial charge < -0.3 is 20.0 Å². The van der Waals surface area contributed by atoms with Crippen molar-refractivity contribution >= 4 is 11.6 Å². The Balaban J connectivity index is 0.000000194. The van der Waals surface area contributed by atoms with E-state index in [1.165, 1.54) is 87.1 Å². The molecule has 0 aromatic heterocycles. The molecule has 3 heterocycles. The maximum Gasteiger partial charge on any atom is 0.247 e. The van der Waals surface area contributed by atoms with Crippen molar-refractivity contribution in [1.29, 1.82) is 0 Å². The van der Waals surface area contributed by atoms with E-state index in [2.05, 4.69) is 92.8 Å². The highest BCUT2D eigenvalue weighted by Crippen LogP contribution is 2.37. The fourth-order valence-electron chi connectivity index (χ4n) is 9.21. The molecule has 298 valence electrons. The molecule has 5 aromatic rings. The molecule has 5 aromatic carbocycles. The number of piperidine rings is 2. The first-order valence-electron chi connectivity index (χ1n) is 21.1. The van der Waals surface area contributed by atoms with E-state index in [1.54, 1.807) is 0 Å². The van der Waals surface area contributed by atoms with Gasteiger partial charge in [-0.3, -0.25) is 4.79 Å². The third-order valence-electron chi connectivity index (χ3n) is 12.4. The van der Waals surface area contributed by atoms with Gasteiger partial charge in [0.25, 0.3) is 0 Å². The van der Waals surface area contributed by atoms with E-state index in [0.29, 0.717) is 12.6 Å². The number of halogens is 2. The van der Waals surface area contributed by atoms with Gasteiger partial charge >= 0.3 is 0 Å². The number of likely N-dealkylation sites (tertiary alicyclic amines) is 2. The van der Waals surface area contributed by atoms with Gasteiger partial charge in [0, 0.05) is 30.6 Å². The number of rotatable bonds is 13. The Labute approximate surface area is 338 Å². The highest BCUT2D eigenvalue weighted by molar-refractivity contribution is 5.93. The lowest BCUT2D eigenvalue weighted by molar-refractivity contribution is -0.125. The molecule has 0 atom stereocenters. The van der Waals surface area contributed by atoms with Crippen molar-refractivity contribution in [2.75, 3.05) is 50.8 Å². The molecule has 0 saturated carbocycles. The Kier molecular flexibility index (Phi) is 14.2. The van der Waals surface area contributed by atoms with Crippen LogP contribution in [-0.2, 0) is 4.79 Å². The van der Waals surface area contributed by atoms with Crippen LogP contribution in [0, 0.1) is 11.6 Å². The minimum atomic E-state index is -0.470. The predicted molar refractivity (Wildman–Crippen MR) is 228 cm³/mol. The number of amides is 1. The molecule has 0 unspecified atom stereocenters. The van der Waals surface area contributed by atoms with Crippen LogP contribution < -0.4 is 10.2 Å². The minimum Gasteiger partial charge on any atom is -0.339 e. The summed E-state index contributed by atoms with van der Waals surface area (Å²) >= 11 is 0. The number of hydrogen-bond donors (Lipinski definition) is 1. The van der Waals surface area contributed by atoms with Gasteiger partial charge in [-0.15, -0.1) is 0 Å². The largest absolute Gasteiger partial charge is 0.339 e. The molecule has 5 nitrogen and oxygen atoms in total. The average molecular weight is 769 g/mol. The van der Waals surface area contributed by atoms with Crippen molar-refractivity contribution in [1.82, 2.24) is 15.1 Å². The minimum absolute atomic E-state index is 0.0847.